The van der Waals surface area contributed by atoms with E-state index in [2.05, 4.69) is 10.3 Å². The Labute approximate surface area is 82.2 Å². The summed E-state index contributed by atoms with van der Waals surface area (Å²) in [5, 5.41) is 3.37. The van der Waals surface area contributed by atoms with Crippen LogP contribution < -0.4 is 5.32 Å². The molecule has 0 spiro atoms. The number of carbonyl (C=O) groups is 1. The van der Waals surface area contributed by atoms with Crippen molar-refractivity contribution in [1.29, 1.82) is 0 Å². The number of hydrogen-bond acceptors (Lipinski definition) is 3. The van der Waals surface area contributed by atoms with Gasteiger partial charge in [0.1, 0.15) is 0 Å². The maximum Gasteiger partial charge on any atom is 0.280 e. The van der Waals surface area contributed by atoms with Gasteiger partial charge in [-0.1, -0.05) is 0 Å². The molecule has 72 valence electrons. The third kappa shape index (κ3) is 2.52. The average molecular weight is 198 g/mol. The van der Waals surface area contributed by atoms with E-state index in [-0.39, 0.29) is 11.9 Å². The fraction of sp³-hybridized carbons (Fsp3) is 0.556. The van der Waals surface area contributed by atoms with Crippen LogP contribution in [0.15, 0.2) is 0 Å². The van der Waals surface area contributed by atoms with Crippen LogP contribution in [-0.2, 0) is 0 Å². The van der Waals surface area contributed by atoms with Gasteiger partial charge >= 0.3 is 0 Å². The first-order chi connectivity index (χ1) is 6.00. The van der Waals surface area contributed by atoms with Gasteiger partial charge in [-0.05, 0) is 27.7 Å². The van der Waals surface area contributed by atoms with Crippen molar-refractivity contribution in [1.82, 2.24) is 10.3 Å². The number of aromatic nitrogens is 1. The number of thiazole rings is 1. The van der Waals surface area contributed by atoms with Crippen LogP contribution in [0.25, 0.3) is 0 Å². The SMILES string of the molecule is Cc1nc(C(=O)NC(C)C)sc1C. The van der Waals surface area contributed by atoms with Gasteiger partial charge in [-0.2, -0.15) is 0 Å². The predicted molar refractivity (Wildman–Crippen MR) is 54.2 cm³/mol. The normalized spacial score (nSPS) is 10.5. The predicted octanol–water partition coefficient (Wildman–Crippen LogP) is 1.90. The maximum absolute atomic E-state index is 11.5. The van der Waals surface area contributed by atoms with Crippen LogP contribution in [-0.4, -0.2) is 16.9 Å². The fourth-order valence-corrected chi connectivity index (χ4v) is 1.71. The minimum Gasteiger partial charge on any atom is -0.348 e. The summed E-state index contributed by atoms with van der Waals surface area (Å²) in [5.74, 6) is -0.0730. The Morgan fingerprint density at radius 3 is 2.46 bits per heavy atom. The number of amides is 1. The van der Waals surface area contributed by atoms with E-state index in [9.17, 15) is 4.79 Å². The molecule has 1 heterocycles. The smallest absolute Gasteiger partial charge is 0.280 e. The zero-order valence-corrected chi connectivity index (χ0v) is 9.16. The molecule has 4 heteroatoms. The highest BCUT2D eigenvalue weighted by Gasteiger charge is 2.12. The van der Waals surface area contributed by atoms with Gasteiger partial charge in [-0.25, -0.2) is 4.98 Å². The number of nitrogens with one attached hydrogen (secondary N) is 1. The van der Waals surface area contributed by atoms with Crippen molar-refractivity contribution >= 4 is 17.2 Å². The molecule has 0 aliphatic carbocycles. The first-order valence-corrected chi connectivity index (χ1v) is 5.07. The summed E-state index contributed by atoms with van der Waals surface area (Å²) in [4.78, 5) is 16.7. The number of rotatable bonds is 2. The summed E-state index contributed by atoms with van der Waals surface area (Å²) in [6.07, 6.45) is 0. The molecule has 0 fully saturated rings. The van der Waals surface area contributed by atoms with Crippen molar-refractivity contribution in [2.45, 2.75) is 33.7 Å². The second kappa shape index (κ2) is 3.87. The lowest BCUT2D eigenvalue weighted by Gasteiger charge is -2.04. The lowest BCUT2D eigenvalue weighted by molar-refractivity contribution is 0.0942. The number of nitrogens with zero attached hydrogens (tertiary/aromatic N) is 1. The molecule has 0 unspecified atom stereocenters. The van der Waals surface area contributed by atoms with Crippen LogP contribution in [0.1, 0.15) is 34.2 Å². The summed E-state index contributed by atoms with van der Waals surface area (Å²) in [7, 11) is 0. The van der Waals surface area contributed by atoms with E-state index in [1.54, 1.807) is 0 Å². The maximum atomic E-state index is 11.5. The molecule has 0 saturated carbocycles. The third-order valence-corrected chi connectivity index (χ3v) is 2.71. The number of carbonyl (C=O) groups excluding carboxylic acids is 1. The van der Waals surface area contributed by atoms with Crippen molar-refractivity contribution in [2.24, 2.45) is 0 Å². The zero-order valence-electron chi connectivity index (χ0n) is 8.34. The lowest BCUT2D eigenvalue weighted by atomic mass is 10.4. The summed E-state index contributed by atoms with van der Waals surface area (Å²) in [6.45, 7) is 7.76. The Balaban J connectivity index is 2.77. The third-order valence-electron chi connectivity index (χ3n) is 1.64. The quantitative estimate of drug-likeness (QED) is 0.788. The summed E-state index contributed by atoms with van der Waals surface area (Å²) < 4.78 is 0. The molecular formula is C9H14N2OS. The molecule has 0 bridgehead atoms. The van der Waals surface area contributed by atoms with Crippen molar-refractivity contribution in [3.05, 3.63) is 15.6 Å². The summed E-state index contributed by atoms with van der Waals surface area (Å²) in [5.41, 5.74) is 0.943. The van der Waals surface area contributed by atoms with Crippen molar-refractivity contribution in [3.63, 3.8) is 0 Å². The molecule has 0 aliphatic rings. The number of hydrogen-bond donors (Lipinski definition) is 1. The highest BCUT2D eigenvalue weighted by atomic mass is 32.1. The molecule has 0 radical (unpaired) electrons. The minimum absolute atomic E-state index is 0.0730. The Kier molecular flexibility index (Phi) is 3.03. The zero-order chi connectivity index (χ0) is 10.0. The molecule has 0 saturated heterocycles. The first-order valence-electron chi connectivity index (χ1n) is 4.25. The van der Waals surface area contributed by atoms with Crippen LogP contribution in [0.2, 0.25) is 0 Å². The van der Waals surface area contributed by atoms with Gasteiger partial charge in [0.15, 0.2) is 5.01 Å². The number of aryl methyl sites for hydroxylation is 2. The van der Waals surface area contributed by atoms with Gasteiger partial charge in [-0.15, -0.1) is 11.3 Å². The first kappa shape index (κ1) is 10.2. The standard InChI is InChI=1S/C9H14N2OS/c1-5(2)10-8(12)9-11-6(3)7(4)13-9/h5H,1-4H3,(H,10,12). The van der Waals surface area contributed by atoms with Gasteiger partial charge in [0.25, 0.3) is 5.91 Å². The van der Waals surface area contributed by atoms with E-state index < -0.39 is 0 Å². The van der Waals surface area contributed by atoms with E-state index in [1.807, 2.05) is 27.7 Å². The van der Waals surface area contributed by atoms with Crippen LogP contribution in [0.3, 0.4) is 0 Å². The van der Waals surface area contributed by atoms with Crippen molar-refractivity contribution in [3.8, 4) is 0 Å². The topological polar surface area (TPSA) is 42.0 Å². The van der Waals surface area contributed by atoms with Crippen LogP contribution >= 0.6 is 11.3 Å². The van der Waals surface area contributed by atoms with E-state index in [0.29, 0.717) is 5.01 Å². The molecule has 1 aromatic rings. The van der Waals surface area contributed by atoms with Gasteiger partial charge in [0, 0.05) is 10.9 Å². The van der Waals surface area contributed by atoms with Gasteiger partial charge in [0.05, 0.1) is 5.69 Å². The molecular weight excluding hydrogens is 184 g/mol. The van der Waals surface area contributed by atoms with Crippen LogP contribution in [0.4, 0.5) is 0 Å². The highest BCUT2D eigenvalue weighted by molar-refractivity contribution is 7.13. The monoisotopic (exact) mass is 198 g/mol. The molecule has 13 heavy (non-hydrogen) atoms. The summed E-state index contributed by atoms with van der Waals surface area (Å²) in [6, 6.07) is 0.164. The molecule has 3 nitrogen and oxygen atoms in total. The van der Waals surface area contributed by atoms with E-state index >= 15 is 0 Å². The summed E-state index contributed by atoms with van der Waals surface area (Å²) >= 11 is 1.44. The van der Waals surface area contributed by atoms with Crippen molar-refractivity contribution in [2.75, 3.05) is 0 Å². The van der Waals surface area contributed by atoms with Gasteiger partial charge in [-0.3, -0.25) is 4.79 Å². The molecule has 0 aromatic carbocycles. The molecule has 1 aromatic heterocycles. The molecule has 0 atom stereocenters. The van der Waals surface area contributed by atoms with E-state index in [4.69, 9.17) is 0 Å². The van der Waals surface area contributed by atoms with E-state index in [1.165, 1.54) is 11.3 Å². The molecule has 1 amide bonds. The van der Waals surface area contributed by atoms with Crippen molar-refractivity contribution < 1.29 is 4.79 Å². The largest absolute Gasteiger partial charge is 0.348 e. The lowest BCUT2D eigenvalue weighted by Crippen LogP contribution is -2.29. The fourth-order valence-electron chi connectivity index (χ4n) is 0.894. The Hall–Kier alpha value is -0.900. The van der Waals surface area contributed by atoms with Gasteiger partial charge in [0.2, 0.25) is 0 Å². The molecule has 1 rings (SSSR count). The van der Waals surface area contributed by atoms with E-state index in [0.717, 1.165) is 10.6 Å². The van der Waals surface area contributed by atoms with Gasteiger partial charge < -0.3 is 5.32 Å². The average Bonchev–Trinajstić information content (AvgIpc) is 2.31. The molecule has 1 N–H and O–H groups in total. The Morgan fingerprint density at radius 1 is 1.46 bits per heavy atom. The second-order valence-corrected chi connectivity index (χ2v) is 4.49. The molecule has 0 aliphatic heterocycles. The van der Waals surface area contributed by atoms with Crippen LogP contribution in [0.5, 0.6) is 0 Å². The minimum atomic E-state index is -0.0730. The Morgan fingerprint density at radius 2 is 2.08 bits per heavy atom. The highest BCUT2D eigenvalue weighted by Crippen LogP contribution is 2.16. The van der Waals surface area contributed by atoms with Crippen LogP contribution in [0, 0.1) is 13.8 Å². The Bertz CT molecular complexity index is 298. The second-order valence-electron chi connectivity index (χ2n) is 3.29.